The third-order valence-corrected chi connectivity index (χ3v) is 4.34. The van der Waals surface area contributed by atoms with Crippen LogP contribution in [0.3, 0.4) is 0 Å². The molecule has 21 heavy (non-hydrogen) atoms. The number of aliphatic carboxylic acids is 1. The van der Waals surface area contributed by atoms with Crippen LogP contribution in [0.4, 0.5) is 0 Å². The minimum absolute atomic E-state index is 0.0287. The summed E-state index contributed by atoms with van der Waals surface area (Å²) in [6, 6.07) is 5.07. The molecule has 1 heterocycles. The Hall–Kier alpha value is -1.92. The third-order valence-electron chi connectivity index (χ3n) is 3.21. The fourth-order valence-electron chi connectivity index (χ4n) is 1.99. The van der Waals surface area contributed by atoms with Gasteiger partial charge >= 0.3 is 5.97 Å². The highest BCUT2D eigenvalue weighted by Crippen LogP contribution is 2.32. The lowest BCUT2D eigenvalue weighted by atomic mass is 10.0. The molecule has 0 bridgehead atoms. The molecule has 0 radical (unpaired) electrons. The van der Waals surface area contributed by atoms with E-state index in [0.29, 0.717) is 17.0 Å². The summed E-state index contributed by atoms with van der Waals surface area (Å²) in [5.41, 5.74) is 0.657. The average molecular weight is 308 g/mol. The van der Waals surface area contributed by atoms with Crippen molar-refractivity contribution >= 4 is 33.2 Å². The van der Waals surface area contributed by atoms with Crippen LogP contribution in [-0.4, -0.2) is 29.1 Å². The SMILES string of the molecule is COCc1cc2sc(C(=O)CC(C)C(=O)O)cc2cc1O. The molecular formula is C15H16O5S. The average Bonchev–Trinajstić information content (AvgIpc) is 2.82. The number of carbonyl (C=O) groups excluding carboxylic acids is 1. The summed E-state index contributed by atoms with van der Waals surface area (Å²) in [6.45, 7) is 1.80. The van der Waals surface area contributed by atoms with Crippen molar-refractivity contribution in [3.05, 3.63) is 28.6 Å². The highest BCUT2D eigenvalue weighted by Gasteiger charge is 2.19. The molecule has 0 spiro atoms. The number of benzene rings is 1. The van der Waals surface area contributed by atoms with Crippen molar-refractivity contribution in [2.24, 2.45) is 5.92 Å². The molecule has 112 valence electrons. The number of methoxy groups -OCH3 is 1. The van der Waals surface area contributed by atoms with Crippen molar-refractivity contribution < 1.29 is 24.5 Å². The zero-order valence-corrected chi connectivity index (χ0v) is 12.6. The summed E-state index contributed by atoms with van der Waals surface area (Å²) in [7, 11) is 1.54. The first-order valence-electron chi connectivity index (χ1n) is 6.42. The predicted octanol–water partition coefficient (Wildman–Crippen LogP) is 3.05. The van der Waals surface area contributed by atoms with Crippen LogP contribution in [0.5, 0.6) is 5.75 Å². The molecule has 0 aliphatic heterocycles. The Morgan fingerprint density at radius 2 is 2.05 bits per heavy atom. The van der Waals surface area contributed by atoms with E-state index >= 15 is 0 Å². The highest BCUT2D eigenvalue weighted by atomic mass is 32.1. The second kappa shape index (κ2) is 6.24. The van der Waals surface area contributed by atoms with E-state index in [4.69, 9.17) is 9.84 Å². The Labute approximate surface area is 125 Å². The Morgan fingerprint density at radius 1 is 1.33 bits per heavy atom. The fourth-order valence-corrected chi connectivity index (χ4v) is 3.05. The van der Waals surface area contributed by atoms with E-state index in [9.17, 15) is 14.7 Å². The van der Waals surface area contributed by atoms with Gasteiger partial charge in [0.2, 0.25) is 0 Å². The van der Waals surface area contributed by atoms with Gasteiger partial charge in [-0.2, -0.15) is 0 Å². The molecule has 0 saturated carbocycles. The van der Waals surface area contributed by atoms with Gasteiger partial charge in [0.05, 0.1) is 17.4 Å². The van der Waals surface area contributed by atoms with Gasteiger partial charge in [0.15, 0.2) is 5.78 Å². The molecule has 6 heteroatoms. The highest BCUT2D eigenvalue weighted by molar-refractivity contribution is 7.20. The molecule has 0 aliphatic rings. The first-order valence-corrected chi connectivity index (χ1v) is 7.24. The number of carboxylic acids is 1. The molecule has 0 aliphatic carbocycles. The molecular weight excluding hydrogens is 292 g/mol. The molecule has 1 aromatic carbocycles. The van der Waals surface area contributed by atoms with Gasteiger partial charge in [-0.05, 0) is 23.6 Å². The van der Waals surface area contributed by atoms with Crippen LogP contribution >= 0.6 is 11.3 Å². The number of Topliss-reactive ketones (excluding diaryl/α,β-unsaturated/α-hetero) is 1. The number of rotatable bonds is 6. The number of carboxylic acid groups (broad SMARTS) is 1. The molecule has 1 unspecified atom stereocenters. The molecule has 0 amide bonds. The van der Waals surface area contributed by atoms with Crippen molar-refractivity contribution in [1.29, 1.82) is 0 Å². The molecule has 0 fully saturated rings. The summed E-state index contributed by atoms with van der Waals surface area (Å²) in [6.07, 6.45) is -0.0287. The minimum atomic E-state index is -0.982. The largest absolute Gasteiger partial charge is 0.508 e. The third kappa shape index (κ3) is 3.40. The fraction of sp³-hybridized carbons (Fsp3) is 0.333. The minimum Gasteiger partial charge on any atom is -0.508 e. The number of phenolic OH excluding ortho intramolecular Hbond substituents is 1. The summed E-state index contributed by atoms with van der Waals surface area (Å²) < 4.78 is 5.87. The van der Waals surface area contributed by atoms with Gasteiger partial charge in [-0.25, -0.2) is 0 Å². The van der Waals surface area contributed by atoms with Crippen molar-refractivity contribution in [3.63, 3.8) is 0 Å². The van der Waals surface area contributed by atoms with Crippen LogP contribution in [0, 0.1) is 5.92 Å². The number of aromatic hydroxyl groups is 1. The lowest BCUT2D eigenvalue weighted by Gasteiger charge is -2.02. The van der Waals surface area contributed by atoms with Gasteiger partial charge in [-0.3, -0.25) is 9.59 Å². The normalized spacial score (nSPS) is 12.5. The monoisotopic (exact) mass is 308 g/mol. The van der Waals surface area contributed by atoms with Crippen LogP contribution in [-0.2, 0) is 16.1 Å². The second-order valence-corrected chi connectivity index (χ2v) is 6.01. The zero-order chi connectivity index (χ0) is 15.6. The van der Waals surface area contributed by atoms with E-state index in [0.717, 1.165) is 10.1 Å². The van der Waals surface area contributed by atoms with Gasteiger partial charge < -0.3 is 14.9 Å². The van der Waals surface area contributed by atoms with Crippen molar-refractivity contribution in [2.45, 2.75) is 20.0 Å². The molecule has 5 nitrogen and oxygen atoms in total. The van der Waals surface area contributed by atoms with E-state index in [1.807, 2.05) is 0 Å². The molecule has 2 N–H and O–H groups in total. The maximum Gasteiger partial charge on any atom is 0.306 e. The van der Waals surface area contributed by atoms with E-state index < -0.39 is 11.9 Å². The zero-order valence-electron chi connectivity index (χ0n) is 11.8. The van der Waals surface area contributed by atoms with Gasteiger partial charge in [-0.15, -0.1) is 11.3 Å². The Bertz CT molecular complexity index is 689. The van der Waals surface area contributed by atoms with Gasteiger partial charge in [-0.1, -0.05) is 6.92 Å². The first-order chi connectivity index (χ1) is 9.92. The summed E-state index contributed by atoms with van der Waals surface area (Å²) >= 11 is 1.30. The number of hydrogen-bond donors (Lipinski definition) is 2. The number of carbonyl (C=O) groups is 2. The summed E-state index contributed by atoms with van der Waals surface area (Å²) in [5, 5.41) is 19.5. The maximum absolute atomic E-state index is 12.1. The van der Waals surface area contributed by atoms with Gasteiger partial charge in [0.25, 0.3) is 0 Å². The second-order valence-electron chi connectivity index (χ2n) is 4.93. The smallest absolute Gasteiger partial charge is 0.306 e. The molecule has 2 aromatic rings. The van der Waals surface area contributed by atoms with Crippen molar-refractivity contribution in [1.82, 2.24) is 0 Å². The summed E-state index contributed by atoms with van der Waals surface area (Å²) in [5.74, 6) is -1.76. The predicted molar refractivity (Wildman–Crippen MR) is 80.0 cm³/mol. The van der Waals surface area contributed by atoms with Gasteiger partial charge in [0, 0.05) is 23.8 Å². The molecule has 1 atom stereocenters. The van der Waals surface area contributed by atoms with Gasteiger partial charge in [0.1, 0.15) is 5.75 Å². The van der Waals surface area contributed by atoms with Crippen molar-refractivity contribution in [3.8, 4) is 5.75 Å². The molecule has 0 saturated heterocycles. The quantitative estimate of drug-likeness (QED) is 0.801. The number of fused-ring (bicyclic) bond motifs is 1. The maximum atomic E-state index is 12.1. The van der Waals surface area contributed by atoms with E-state index in [2.05, 4.69) is 0 Å². The summed E-state index contributed by atoms with van der Waals surface area (Å²) in [4.78, 5) is 23.4. The first kappa shape index (κ1) is 15.5. The van der Waals surface area contributed by atoms with E-state index in [1.54, 1.807) is 25.3 Å². The van der Waals surface area contributed by atoms with Crippen molar-refractivity contribution in [2.75, 3.05) is 7.11 Å². The van der Waals surface area contributed by atoms with Crippen LogP contribution in [0.1, 0.15) is 28.6 Å². The standard InChI is InChI=1S/C15H16O5S/c1-8(15(18)19)3-12(17)14-5-9-4-11(16)10(7-20-2)6-13(9)21-14/h4-6,8,16H,3,7H2,1-2H3,(H,18,19). The number of ketones is 1. The number of phenols is 1. The van der Waals surface area contributed by atoms with Crippen LogP contribution in [0.2, 0.25) is 0 Å². The van der Waals surface area contributed by atoms with E-state index in [-0.39, 0.29) is 18.0 Å². The van der Waals surface area contributed by atoms with Crippen LogP contribution in [0.15, 0.2) is 18.2 Å². The Balaban J connectivity index is 2.30. The number of ether oxygens (including phenoxy) is 1. The number of hydrogen-bond acceptors (Lipinski definition) is 5. The molecule has 1 aromatic heterocycles. The Kier molecular flexibility index (Phi) is 4.59. The lowest BCUT2D eigenvalue weighted by molar-refractivity contribution is -0.141. The number of thiophene rings is 1. The van der Waals surface area contributed by atoms with Crippen LogP contribution in [0.25, 0.3) is 10.1 Å². The van der Waals surface area contributed by atoms with E-state index in [1.165, 1.54) is 18.3 Å². The Morgan fingerprint density at radius 3 is 2.67 bits per heavy atom. The topological polar surface area (TPSA) is 83.8 Å². The van der Waals surface area contributed by atoms with Crippen LogP contribution < -0.4 is 0 Å². The molecule has 2 rings (SSSR count). The lowest BCUT2D eigenvalue weighted by Crippen LogP contribution is -2.13.